The zero-order valence-corrected chi connectivity index (χ0v) is 15.1. The van der Waals surface area contributed by atoms with Crippen LogP contribution in [0.3, 0.4) is 0 Å². The van der Waals surface area contributed by atoms with Crippen LogP contribution in [0, 0.1) is 25.2 Å². The number of nitrogens with zero attached hydrogens (tertiary/aromatic N) is 2. The van der Waals surface area contributed by atoms with Crippen molar-refractivity contribution in [3.8, 4) is 27.8 Å². The maximum absolute atomic E-state index is 9.44. The highest BCUT2D eigenvalue weighted by Gasteiger charge is 2.15. The predicted molar refractivity (Wildman–Crippen MR) is 99.3 cm³/mol. The number of aryl methyl sites for hydroxylation is 2. The van der Waals surface area contributed by atoms with Gasteiger partial charge in [-0.1, -0.05) is 23.8 Å². The molecule has 3 nitrogen and oxygen atoms in total. The summed E-state index contributed by atoms with van der Waals surface area (Å²) in [7, 11) is 0. The second-order valence-corrected chi connectivity index (χ2v) is 7.81. The van der Waals surface area contributed by atoms with E-state index in [2.05, 4.69) is 53.0 Å². The Labute approximate surface area is 147 Å². The first-order valence-corrected chi connectivity index (χ1v) is 8.64. The summed E-state index contributed by atoms with van der Waals surface area (Å²) in [5, 5.41) is 9.44. The number of benzene rings is 1. The lowest BCUT2D eigenvalue weighted by atomic mass is 9.99. The van der Waals surface area contributed by atoms with E-state index in [0.29, 0.717) is 5.56 Å². The van der Waals surface area contributed by atoms with Crippen LogP contribution in [0.1, 0.15) is 16.7 Å². The van der Waals surface area contributed by atoms with Crippen molar-refractivity contribution in [1.29, 1.82) is 5.26 Å². The fourth-order valence-corrected chi connectivity index (χ4v) is 3.98. The minimum Gasteiger partial charge on any atom is -0.383 e. The van der Waals surface area contributed by atoms with E-state index < -0.39 is 0 Å². The molecule has 0 radical (unpaired) electrons. The normalized spacial score (nSPS) is 10.5. The van der Waals surface area contributed by atoms with Crippen LogP contribution < -0.4 is 5.73 Å². The fourth-order valence-electron chi connectivity index (χ4n) is 2.57. The number of pyridine rings is 1. The lowest BCUT2D eigenvalue weighted by Crippen LogP contribution is -2.00. The smallest absolute Gasteiger partial charge is 0.142 e. The van der Waals surface area contributed by atoms with Gasteiger partial charge in [0, 0.05) is 16.0 Å². The second kappa shape index (κ2) is 6.15. The van der Waals surface area contributed by atoms with E-state index in [-0.39, 0.29) is 5.82 Å². The molecule has 0 aliphatic rings. The molecule has 0 saturated carbocycles. The molecule has 5 heteroatoms. The van der Waals surface area contributed by atoms with Crippen molar-refractivity contribution in [1.82, 2.24) is 4.98 Å². The van der Waals surface area contributed by atoms with Crippen LogP contribution in [0.25, 0.3) is 21.7 Å². The number of hydrogen-bond donors (Lipinski definition) is 1. The van der Waals surface area contributed by atoms with Crippen molar-refractivity contribution in [3.05, 3.63) is 56.9 Å². The molecule has 1 aromatic carbocycles. The van der Waals surface area contributed by atoms with E-state index in [1.165, 1.54) is 5.56 Å². The van der Waals surface area contributed by atoms with Gasteiger partial charge < -0.3 is 5.73 Å². The summed E-state index contributed by atoms with van der Waals surface area (Å²) in [5.74, 6) is 0.268. The Kier molecular flexibility index (Phi) is 4.20. The number of aromatic nitrogens is 1. The van der Waals surface area contributed by atoms with Crippen molar-refractivity contribution < 1.29 is 0 Å². The summed E-state index contributed by atoms with van der Waals surface area (Å²) in [6, 6.07) is 14.3. The molecule has 0 fully saturated rings. The maximum Gasteiger partial charge on any atom is 0.142 e. The summed E-state index contributed by atoms with van der Waals surface area (Å²) < 4.78 is 1.01. The first-order chi connectivity index (χ1) is 11.0. The fraction of sp³-hybridized carbons (Fsp3) is 0.111. The van der Waals surface area contributed by atoms with Crippen LogP contribution >= 0.6 is 27.3 Å². The average molecular weight is 384 g/mol. The van der Waals surface area contributed by atoms with Gasteiger partial charge in [-0.15, -0.1) is 11.3 Å². The molecular weight excluding hydrogens is 370 g/mol. The molecule has 0 bridgehead atoms. The van der Waals surface area contributed by atoms with Crippen molar-refractivity contribution in [2.75, 3.05) is 5.73 Å². The molecule has 0 saturated heterocycles. The molecule has 0 aliphatic heterocycles. The third-order valence-corrected chi connectivity index (χ3v) is 5.31. The number of nitrogen functional groups attached to an aromatic ring is 1. The summed E-state index contributed by atoms with van der Waals surface area (Å²) in [6.45, 7) is 4.12. The summed E-state index contributed by atoms with van der Waals surface area (Å²) in [5.41, 5.74) is 11.5. The second-order valence-electron chi connectivity index (χ2n) is 5.35. The van der Waals surface area contributed by atoms with Crippen molar-refractivity contribution in [2.45, 2.75) is 13.8 Å². The Morgan fingerprint density at radius 2 is 1.91 bits per heavy atom. The molecule has 2 N–H and O–H groups in total. The summed E-state index contributed by atoms with van der Waals surface area (Å²) in [6.07, 6.45) is 0. The largest absolute Gasteiger partial charge is 0.383 e. The summed E-state index contributed by atoms with van der Waals surface area (Å²) >= 11 is 5.04. The van der Waals surface area contributed by atoms with Crippen molar-refractivity contribution in [2.24, 2.45) is 0 Å². The molecule has 0 amide bonds. The molecular formula is C18H14BrN3S. The van der Waals surface area contributed by atoms with Gasteiger partial charge in [0.2, 0.25) is 0 Å². The van der Waals surface area contributed by atoms with Gasteiger partial charge in [0.25, 0.3) is 0 Å². The monoisotopic (exact) mass is 383 g/mol. The lowest BCUT2D eigenvalue weighted by Gasteiger charge is -2.11. The molecule has 0 atom stereocenters. The lowest BCUT2D eigenvalue weighted by molar-refractivity contribution is 1.29. The number of halogens is 1. The van der Waals surface area contributed by atoms with E-state index >= 15 is 0 Å². The molecule has 2 aromatic heterocycles. The number of anilines is 1. The Bertz CT molecular complexity index is 938. The van der Waals surface area contributed by atoms with Gasteiger partial charge in [0.05, 0.1) is 9.48 Å². The molecule has 0 aliphatic carbocycles. The van der Waals surface area contributed by atoms with E-state index in [4.69, 9.17) is 5.73 Å². The average Bonchev–Trinajstić information content (AvgIpc) is 2.93. The standard InChI is InChI=1S/C18H14BrN3S/c1-10-3-4-12(11(2)7-10)15-8-13(14(9-20)18(21)22-15)16-5-6-17(19)23-16/h3-8H,1-2H3,(H2,21,22). The number of thiophene rings is 1. The number of hydrogen-bond acceptors (Lipinski definition) is 4. The number of nitrogens with two attached hydrogens (primary N) is 1. The van der Waals surface area contributed by atoms with Crippen LogP contribution in [0.4, 0.5) is 5.82 Å². The van der Waals surface area contributed by atoms with E-state index in [1.54, 1.807) is 11.3 Å². The molecule has 0 unspecified atom stereocenters. The molecule has 23 heavy (non-hydrogen) atoms. The van der Waals surface area contributed by atoms with Crippen molar-refractivity contribution in [3.63, 3.8) is 0 Å². The maximum atomic E-state index is 9.44. The Hall–Kier alpha value is -2.16. The van der Waals surface area contributed by atoms with Crippen LogP contribution in [-0.2, 0) is 0 Å². The quantitative estimate of drug-likeness (QED) is 0.651. The zero-order chi connectivity index (χ0) is 16.6. The van der Waals surface area contributed by atoms with Crippen molar-refractivity contribution >= 4 is 33.1 Å². The van der Waals surface area contributed by atoms with Gasteiger partial charge in [-0.05, 0) is 53.5 Å². The highest BCUT2D eigenvalue weighted by Crippen LogP contribution is 2.37. The van der Waals surface area contributed by atoms with Gasteiger partial charge in [-0.25, -0.2) is 4.98 Å². The van der Waals surface area contributed by atoms with Crippen LogP contribution in [-0.4, -0.2) is 4.98 Å². The Morgan fingerprint density at radius 3 is 2.52 bits per heavy atom. The minimum absolute atomic E-state index is 0.268. The summed E-state index contributed by atoms with van der Waals surface area (Å²) in [4.78, 5) is 5.44. The first-order valence-electron chi connectivity index (χ1n) is 7.03. The van der Waals surface area contributed by atoms with Gasteiger partial charge >= 0.3 is 0 Å². The third-order valence-electron chi connectivity index (χ3n) is 3.66. The highest BCUT2D eigenvalue weighted by atomic mass is 79.9. The third kappa shape index (κ3) is 3.00. The molecule has 0 spiro atoms. The molecule has 2 heterocycles. The van der Waals surface area contributed by atoms with Gasteiger partial charge in [0.15, 0.2) is 0 Å². The highest BCUT2D eigenvalue weighted by molar-refractivity contribution is 9.11. The van der Waals surface area contributed by atoms with Gasteiger partial charge in [-0.3, -0.25) is 0 Å². The topological polar surface area (TPSA) is 62.7 Å². The van der Waals surface area contributed by atoms with Crippen LogP contribution in [0.5, 0.6) is 0 Å². The number of rotatable bonds is 2. The van der Waals surface area contributed by atoms with E-state index in [1.807, 2.05) is 24.3 Å². The van der Waals surface area contributed by atoms with Crippen LogP contribution in [0.2, 0.25) is 0 Å². The first kappa shape index (κ1) is 15.7. The Balaban J connectivity index is 2.24. The van der Waals surface area contributed by atoms with Crippen LogP contribution in [0.15, 0.2) is 40.2 Å². The molecule has 3 rings (SSSR count). The number of nitriles is 1. The SMILES string of the molecule is Cc1ccc(-c2cc(-c3ccc(Br)s3)c(C#N)c(N)n2)c(C)c1. The zero-order valence-electron chi connectivity index (χ0n) is 12.7. The van der Waals surface area contributed by atoms with Gasteiger partial charge in [0.1, 0.15) is 17.5 Å². The molecule has 3 aromatic rings. The predicted octanol–water partition coefficient (Wildman–Crippen LogP) is 5.31. The Morgan fingerprint density at radius 1 is 1.13 bits per heavy atom. The van der Waals surface area contributed by atoms with Gasteiger partial charge in [-0.2, -0.15) is 5.26 Å². The van der Waals surface area contributed by atoms with E-state index in [0.717, 1.165) is 31.0 Å². The molecule has 114 valence electrons. The van der Waals surface area contributed by atoms with E-state index in [9.17, 15) is 5.26 Å². The minimum atomic E-state index is 0.268.